The van der Waals surface area contributed by atoms with E-state index in [9.17, 15) is 15.0 Å². The molecule has 5 N–H and O–H groups in total. The highest BCUT2D eigenvalue weighted by molar-refractivity contribution is 5.93. The number of rotatable bonds is 3. The molecule has 6 nitrogen and oxygen atoms in total. The van der Waals surface area contributed by atoms with Crippen molar-refractivity contribution in [2.75, 3.05) is 6.61 Å². The predicted molar refractivity (Wildman–Crippen MR) is 44.3 cm³/mol. The molecule has 1 aliphatic rings. The second kappa shape index (κ2) is 3.92. The Morgan fingerprint density at radius 1 is 1.50 bits per heavy atom. The molecular weight excluding hydrogens is 192 g/mol. The third-order valence-electron chi connectivity index (χ3n) is 2.57. The Morgan fingerprint density at radius 2 is 2.07 bits per heavy atom. The molecule has 82 valence electrons. The highest BCUT2D eigenvalue weighted by Gasteiger charge is 2.52. The second-order valence-corrected chi connectivity index (χ2v) is 3.54. The molecule has 0 heterocycles. The zero-order valence-corrected chi connectivity index (χ0v) is 7.50. The van der Waals surface area contributed by atoms with Gasteiger partial charge in [0.15, 0.2) is 11.4 Å². The van der Waals surface area contributed by atoms with Crippen molar-refractivity contribution in [3.63, 3.8) is 0 Å². The largest absolute Gasteiger partial charge is 0.394 e. The molecule has 0 saturated heterocycles. The topological polar surface area (TPSA) is 118 Å². The van der Waals surface area contributed by atoms with Gasteiger partial charge in [0.25, 0.3) is 0 Å². The quantitative estimate of drug-likeness (QED) is 0.339. The van der Waals surface area contributed by atoms with Gasteiger partial charge in [-0.3, -0.25) is 4.79 Å². The Hall–Kier alpha value is -0.530. The minimum Gasteiger partial charge on any atom is -0.394 e. The van der Waals surface area contributed by atoms with Crippen LogP contribution in [-0.2, 0) is 4.79 Å². The van der Waals surface area contributed by atoms with Crippen LogP contribution in [0.15, 0.2) is 0 Å². The van der Waals surface area contributed by atoms with Crippen LogP contribution in [-0.4, -0.2) is 61.8 Å². The van der Waals surface area contributed by atoms with Crippen molar-refractivity contribution in [3.05, 3.63) is 0 Å². The van der Waals surface area contributed by atoms with Crippen LogP contribution in [0.4, 0.5) is 0 Å². The van der Waals surface area contributed by atoms with Gasteiger partial charge in [0.05, 0.1) is 6.61 Å². The summed E-state index contributed by atoms with van der Waals surface area (Å²) in [4.78, 5) is 11.2. The fourth-order valence-electron chi connectivity index (χ4n) is 1.61. The molecule has 6 heteroatoms. The fraction of sp³-hybridized carbons (Fsp3) is 0.875. The van der Waals surface area contributed by atoms with E-state index >= 15 is 0 Å². The number of ketones is 1. The zero-order valence-electron chi connectivity index (χ0n) is 7.50. The maximum absolute atomic E-state index is 11.2. The molecule has 14 heavy (non-hydrogen) atoms. The highest BCUT2D eigenvalue weighted by Crippen LogP contribution is 2.30. The molecule has 1 saturated carbocycles. The summed E-state index contributed by atoms with van der Waals surface area (Å²) in [6, 6.07) is 0. The van der Waals surface area contributed by atoms with Gasteiger partial charge in [-0.15, -0.1) is 0 Å². The van der Waals surface area contributed by atoms with Crippen LogP contribution in [0.25, 0.3) is 0 Å². The van der Waals surface area contributed by atoms with Crippen LogP contribution in [0.2, 0.25) is 0 Å². The van der Waals surface area contributed by atoms with E-state index in [-0.39, 0.29) is 12.8 Å². The van der Waals surface area contributed by atoms with Crippen LogP contribution in [0.3, 0.4) is 0 Å². The minimum atomic E-state index is -2.14. The van der Waals surface area contributed by atoms with Crippen molar-refractivity contribution >= 4 is 5.78 Å². The lowest BCUT2D eigenvalue weighted by atomic mass is 9.90. The van der Waals surface area contributed by atoms with Crippen molar-refractivity contribution < 1.29 is 30.3 Å². The first-order chi connectivity index (χ1) is 6.43. The maximum Gasteiger partial charge on any atom is 0.195 e. The molecule has 4 atom stereocenters. The summed E-state index contributed by atoms with van der Waals surface area (Å²) in [6.07, 6.45) is -4.73. The average Bonchev–Trinajstić information content (AvgIpc) is 2.45. The minimum absolute atomic E-state index is 0.0462. The number of carbonyl (C=O) groups excluding carboxylic acids is 1. The standard InChI is InChI=1S/C8H14O6/c9-3-5(11)7(13)8(14)2-1-4(10)6(8)12/h4-5,7,9-11,13-14H,1-3H2/t4?,5-,7-,8-/m0/s1. The van der Waals surface area contributed by atoms with Gasteiger partial charge in [-0.2, -0.15) is 0 Å². The van der Waals surface area contributed by atoms with Crippen LogP contribution >= 0.6 is 0 Å². The molecule has 1 unspecified atom stereocenters. The van der Waals surface area contributed by atoms with E-state index in [1.165, 1.54) is 0 Å². The zero-order chi connectivity index (χ0) is 10.9. The van der Waals surface area contributed by atoms with Gasteiger partial charge < -0.3 is 25.5 Å². The van der Waals surface area contributed by atoms with Gasteiger partial charge in [0, 0.05) is 0 Å². The lowest BCUT2D eigenvalue weighted by Crippen LogP contribution is -2.54. The van der Waals surface area contributed by atoms with E-state index in [0.717, 1.165) is 0 Å². The molecular formula is C8H14O6. The lowest BCUT2D eigenvalue weighted by molar-refractivity contribution is -0.163. The van der Waals surface area contributed by atoms with Crippen molar-refractivity contribution in [2.45, 2.75) is 36.8 Å². The Bertz CT molecular complexity index is 230. The van der Waals surface area contributed by atoms with Crippen molar-refractivity contribution in [1.82, 2.24) is 0 Å². The van der Waals surface area contributed by atoms with Crippen LogP contribution in [0, 0.1) is 0 Å². The number of carbonyl (C=O) groups is 1. The first-order valence-electron chi connectivity index (χ1n) is 4.35. The molecule has 0 spiro atoms. The molecule has 0 aliphatic heterocycles. The monoisotopic (exact) mass is 206 g/mol. The highest BCUT2D eigenvalue weighted by atomic mass is 16.4. The summed E-state index contributed by atoms with van der Waals surface area (Å²) in [5.74, 6) is -0.905. The molecule has 0 aromatic carbocycles. The SMILES string of the molecule is O=C1C(O)CC[C@@]1(O)[C@@H](O)[C@@H](O)CO. The third-order valence-corrected chi connectivity index (χ3v) is 2.57. The molecule has 1 aliphatic carbocycles. The van der Waals surface area contributed by atoms with Crippen molar-refractivity contribution in [2.24, 2.45) is 0 Å². The molecule has 0 bridgehead atoms. The summed E-state index contributed by atoms with van der Waals surface area (Å²) in [5.41, 5.74) is -2.14. The van der Waals surface area contributed by atoms with Gasteiger partial charge >= 0.3 is 0 Å². The molecule has 0 aromatic rings. The number of aliphatic hydroxyl groups is 5. The first-order valence-corrected chi connectivity index (χ1v) is 4.35. The number of hydrogen-bond donors (Lipinski definition) is 5. The molecule has 0 amide bonds. The van der Waals surface area contributed by atoms with Crippen LogP contribution in [0.1, 0.15) is 12.8 Å². The van der Waals surface area contributed by atoms with Gasteiger partial charge in [-0.25, -0.2) is 0 Å². The molecule has 1 fully saturated rings. The molecule has 0 radical (unpaired) electrons. The Labute approximate surface area is 80.4 Å². The normalized spacial score (nSPS) is 37.2. The lowest BCUT2D eigenvalue weighted by Gasteiger charge is -2.29. The molecule has 0 aromatic heterocycles. The maximum atomic E-state index is 11.2. The third kappa shape index (κ3) is 1.67. The smallest absolute Gasteiger partial charge is 0.195 e. The summed E-state index contributed by atoms with van der Waals surface area (Å²) in [5, 5.41) is 45.7. The summed E-state index contributed by atoms with van der Waals surface area (Å²) in [7, 11) is 0. The van der Waals surface area contributed by atoms with Crippen molar-refractivity contribution in [3.8, 4) is 0 Å². The Morgan fingerprint density at radius 3 is 2.43 bits per heavy atom. The van der Waals surface area contributed by atoms with Gasteiger partial charge in [-0.1, -0.05) is 0 Å². The van der Waals surface area contributed by atoms with E-state index in [1.807, 2.05) is 0 Å². The van der Waals surface area contributed by atoms with Gasteiger partial charge in [0.2, 0.25) is 0 Å². The van der Waals surface area contributed by atoms with E-state index in [1.54, 1.807) is 0 Å². The van der Waals surface area contributed by atoms with Crippen LogP contribution in [0.5, 0.6) is 0 Å². The average molecular weight is 206 g/mol. The Kier molecular flexibility index (Phi) is 3.23. The number of hydrogen-bond acceptors (Lipinski definition) is 6. The second-order valence-electron chi connectivity index (χ2n) is 3.54. The van der Waals surface area contributed by atoms with Crippen molar-refractivity contribution in [1.29, 1.82) is 0 Å². The first kappa shape index (κ1) is 11.5. The number of Topliss-reactive ketones (excluding diaryl/α,β-unsaturated/α-hetero) is 1. The summed E-state index contributed by atoms with van der Waals surface area (Å²) in [6.45, 7) is -0.757. The predicted octanol–water partition coefficient (Wildman–Crippen LogP) is -2.84. The fourth-order valence-corrected chi connectivity index (χ4v) is 1.61. The summed E-state index contributed by atoms with van der Waals surface area (Å²) >= 11 is 0. The van der Waals surface area contributed by atoms with E-state index in [4.69, 9.17) is 15.3 Å². The summed E-state index contributed by atoms with van der Waals surface area (Å²) < 4.78 is 0. The molecule has 1 rings (SSSR count). The van der Waals surface area contributed by atoms with E-state index in [0.29, 0.717) is 0 Å². The van der Waals surface area contributed by atoms with Gasteiger partial charge in [-0.05, 0) is 12.8 Å². The van der Waals surface area contributed by atoms with E-state index in [2.05, 4.69) is 0 Å². The van der Waals surface area contributed by atoms with Crippen LogP contribution < -0.4 is 0 Å². The Balaban J connectivity index is 2.80. The van der Waals surface area contributed by atoms with Gasteiger partial charge in [0.1, 0.15) is 18.3 Å². The van der Waals surface area contributed by atoms with E-state index < -0.39 is 36.3 Å². The number of aliphatic hydroxyl groups excluding tert-OH is 4.